The van der Waals surface area contributed by atoms with Crippen LogP contribution in [0.4, 0.5) is 0 Å². The average molecular weight is 397 g/mol. The van der Waals surface area contributed by atoms with E-state index in [2.05, 4.69) is 0 Å². The van der Waals surface area contributed by atoms with Crippen LogP contribution >= 0.6 is 0 Å². The lowest BCUT2D eigenvalue weighted by Gasteiger charge is -2.67. The molecule has 0 amide bonds. The minimum Gasteiger partial charge on any atom is -0.463 e. The molecule has 4 fully saturated rings. The Kier molecular flexibility index (Phi) is 4.89. The fraction of sp³-hybridized carbons (Fsp3) is 0.955. The number of rotatable bonds is 4. The number of carbonyl (C=O) groups is 1. The van der Waals surface area contributed by atoms with E-state index in [9.17, 15) is 25.2 Å². The van der Waals surface area contributed by atoms with Crippen LogP contribution in [0.5, 0.6) is 0 Å². The molecule has 0 unspecified atom stereocenters. The predicted molar refractivity (Wildman–Crippen MR) is 102 cm³/mol. The van der Waals surface area contributed by atoms with Gasteiger partial charge in [-0.3, -0.25) is 4.79 Å². The lowest BCUT2D eigenvalue weighted by molar-refractivity contribution is -0.236. The molecule has 1 spiro atoms. The predicted octanol–water partition coefficient (Wildman–Crippen LogP) is 1.63. The summed E-state index contributed by atoms with van der Waals surface area (Å²) in [6.07, 6.45) is 5.87. The van der Waals surface area contributed by atoms with Gasteiger partial charge in [-0.1, -0.05) is 6.92 Å². The second-order valence-corrected chi connectivity index (χ2v) is 10.5. The first-order valence-electron chi connectivity index (χ1n) is 10.9. The maximum Gasteiger partial charge on any atom is 0.302 e. The van der Waals surface area contributed by atoms with Gasteiger partial charge in [0.05, 0.1) is 12.7 Å². The fourth-order valence-corrected chi connectivity index (χ4v) is 8.18. The molecule has 2 bridgehead atoms. The highest BCUT2D eigenvalue weighted by molar-refractivity contribution is 5.65. The molecule has 4 rings (SSSR count). The third-order valence-corrected chi connectivity index (χ3v) is 9.76. The molecule has 160 valence electrons. The zero-order chi connectivity index (χ0) is 20.4. The smallest absolute Gasteiger partial charge is 0.302 e. The normalized spacial score (nSPS) is 52.6. The SMILES string of the molecule is CC(=O)OC[C@@]1(O)CC[C@]23C[C@H]1C[C@@H]2CC[C@H]1[C@](C)(CO)[C@H](O)CC[C@@]13CO. The van der Waals surface area contributed by atoms with E-state index in [0.29, 0.717) is 18.8 Å². The summed E-state index contributed by atoms with van der Waals surface area (Å²) in [5.74, 6) is 0.217. The molecule has 0 radical (unpaired) electrons. The molecule has 8 atom stereocenters. The minimum absolute atomic E-state index is 0.0540. The number of ether oxygens (including phenoxy) is 1. The Morgan fingerprint density at radius 2 is 1.82 bits per heavy atom. The van der Waals surface area contributed by atoms with Gasteiger partial charge >= 0.3 is 5.97 Å². The van der Waals surface area contributed by atoms with Crippen LogP contribution in [-0.4, -0.2) is 57.9 Å². The van der Waals surface area contributed by atoms with Crippen LogP contribution < -0.4 is 0 Å². The van der Waals surface area contributed by atoms with Crippen molar-refractivity contribution in [2.24, 2.45) is 34.0 Å². The van der Waals surface area contributed by atoms with Gasteiger partial charge in [0.2, 0.25) is 0 Å². The van der Waals surface area contributed by atoms with Gasteiger partial charge in [-0.2, -0.15) is 0 Å². The standard InChI is InChI=1S/C22H36O6/c1-14(25)28-13-22(27)8-7-20-10-16(22)9-15(20)3-4-17-19(2,11-23)18(26)5-6-21(17,20)12-24/h15-18,23-24,26-27H,3-13H2,1-2H3/t15-,16+,17-,18+,19-,20-,21+,22-/m0/s1. The molecule has 28 heavy (non-hydrogen) atoms. The third-order valence-electron chi connectivity index (χ3n) is 9.76. The van der Waals surface area contributed by atoms with E-state index in [4.69, 9.17) is 4.74 Å². The van der Waals surface area contributed by atoms with Crippen LogP contribution in [0.25, 0.3) is 0 Å². The Morgan fingerprint density at radius 1 is 1.07 bits per heavy atom. The van der Waals surface area contributed by atoms with Crippen molar-refractivity contribution in [3.63, 3.8) is 0 Å². The second-order valence-electron chi connectivity index (χ2n) is 10.5. The molecule has 0 aliphatic heterocycles. The zero-order valence-corrected chi connectivity index (χ0v) is 17.2. The van der Waals surface area contributed by atoms with Crippen molar-refractivity contribution >= 4 is 5.97 Å². The maximum atomic E-state index is 11.3. The van der Waals surface area contributed by atoms with E-state index in [1.165, 1.54) is 6.92 Å². The molecule has 0 aromatic carbocycles. The summed E-state index contributed by atoms with van der Waals surface area (Å²) in [5, 5.41) is 43.0. The van der Waals surface area contributed by atoms with Crippen LogP contribution in [0.3, 0.4) is 0 Å². The van der Waals surface area contributed by atoms with Gasteiger partial charge in [-0.15, -0.1) is 0 Å². The summed E-state index contributed by atoms with van der Waals surface area (Å²) in [6, 6.07) is 0. The summed E-state index contributed by atoms with van der Waals surface area (Å²) >= 11 is 0. The molecule has 0 aromatic heterocycles. The third kappa shape index (κ3) is 2.50. The first-order chi connectivity index (χ1) is 13.2. The average Bonchev–Trinajstić information content (AvgIpc) is 3.03. The highest BCUT2D eigenvalue weighted by Crippen LogP contribution is 2.75. The summed E-state index contributed by atoms with van der Waals surface area (Å²) in [5.41, 5.74) is -1.95. The Hall–Kier alpha value is -0.690. The molecule has 6 nitrogen and oxygen atoms in total. The van der Waals surface area contributed by atoms with Gasteiger partial charge in [0.25, 0.3) is 0 Å². The number of aliphatic hydroxyl groups excluding tert-OH is 3. The number of aliphatic hydroxyl groups is 4. The molecule has 0 aromatic rings. The second kappa shape index (κ2) is 6.66. The molecule has 4 aliphatic carbocycles. The van der Waals surface area contributed by atoms with Crippen molar-refractivity contribution < 1.29 is 30.0 Å². The first kappa shape index (κ1) is 20.6. The summed E-state index contributed by atoms with van der Waals surface area (Å²) in [6.45, 7) is 3.41. The van der Waals surface area contributed by atoms with E-state index >= 15 is 0 Å². The molecular formula is C22H36O6. The van der Waals surface area contributed by atoms with Gasteiger partial charge in [-0.25, -0.2) is 0 Å². The van der Waals surface area contributed by atoms with E-state index in [1.807, 2.05) is 6.92 Å². The highest BCUT2D eigenvalue weighted by Gasteiger charge is 2.71. The monoisotopic (exact) mass is 396 g/mol. The Balaban J connectivity index is 1.69. The van der Waals surface area contributed by atoms with Gasteiger partial charge in [0.1, 0.15) is 12.2 Å². The van der Waals surface area contributed by atoms with Crippen LogP contribution in [0.1, 0.15) is 65.2 Å². The van der Waals surface area contributed by atoms with E-state index in [-0.39, 0.29) is 48.5 Å². The quantitative estimate of drug-likeness (QED) is 0.538. The highest BCUT2D eigenvalue weighted by atomic mass is 16.5. The fourth-order valence-electron chi connectivity index (χ4n) is 8.18. The van der Waals surface area contributed by atoms with Gasteiger partial charge in [-0.05, 0) is 74.5 Å². The molecule has 0 saturated heterocycles. The summed E-state index contributed by atoms with van der Waals surface area (Å²) in [7, 11) is 0. The van der Waals surface area contributed by atoms with Crippen molar-refractivity contribution in [1.82, 2.24) is 0 Å². The molecule has 0 heterocycles. The van der Waals surface area contributed by atoms with Crippen LogP contribution in [-0.2, 0) is 9.53 Å². The largest absolute Gasteiger partial charge is 0.463 e. The minimum atomic E-state index is -0.977. The van der Waals surface area contributed by atoms with Crippen molar-refractivity contribution in [1.29, 1.82) is 0 Å². The van der Waals surface area contributed by atoms with Crippen LogP contribution in [0.15, 0.2) is 0 Å². The first-order valence-corrected chi connectivity index (χ1v) is 10.9. The lowest BCUT2D eigenvalue weighted by Crippen LogP contribution is -2.65. The number of esters is 1. The Morgan fingerprint density at radius 3 is 2.46 bits per heavy atom. The van der Waals surface area contributed by atoms with Crippen molar-refractivity contribution in [2.75, 3.05) is 19.8 Å². The summed E-state index contributed by atoms with van der Waals surface area (Å²) in [4.78, 5) is 11.3. The van der Waals surface area contributed by atoms with Crippen LogP contribution in [0, 0.1) is 34.0 Å². The molecule has 4 aliphatic rings. The van der Waals surface area contributed by atoms with Crippen molar-refractivity contribution in [3.05, 3.63) is 0 Å². The molecular weight excluding hydrogens is 360 g/mol. The Labute approximate surface area is 167 Å². The molecule has 6 heteroatoms. The van der Waals surface area contributed by atoms with Crippen molar-refractivity contribution in [2.45, 2.75) is 76.9 Å². The number of fused-ring (bicyclic) bond motifs is 2. The van der Waals surface area contributed by atoms with Gasteiger partial charge in [0, 0.05) is 24.4 Å². The maximum absolute atomic E-state index is 11.3. The van der Waals surface area contributed by atoms with Gasteiger partial charge in [0.15, 0.2) is 0 Å². The summed E-state index contributed by atoms with van der Waals surface area (Å²) < 4.78 is 5.20. The van der Waals surface area contributed by atoms with E-state index < -0.39 is 17.1 Å². The van der Waals surface area contributed by atoms with E-state index in [1.54, 1.807) is 0 Å². The number of carbonyl (C=O) groups excluding carboxylic acids is 1. The van der Waals surface area contributed by atoms with Gasteiger partial charge < -0.3 is 25.2 Å². The topological polar surface area (TPSA) is 107 Å². The molecule has 4 saturated carbocycles. The zero-order valence-electron chi connectivity index (χ0n) is 17.2. The van der Waals surface area contributed by atoms with E-state index in [0.717, 1.165) is 38.5 Å². The van der Waals surface area contributed by atoms with Crippen LogP contribution in [0.2, 0.25) is 0 Å². The Bertz CT molecular complexity index is 639. The number of hydrogen-bond donors (Lipinski definition) is 4. The molecule has 4 N–H and O–H groups in total. The van der Waals surface area contributed by atoms with Crippen molar-refractivity contribution in [3.8, 4) is 0 Å². The number of hydrogen-bond acceptors (Lipinski definition) is 6. The lowest BCUT2D eigenvalue weighted by atomic mass is 9.38.